The van der Waals surface area contributed by atoms with Gasteiger partial charge in [0.1, 0.15) is 12.2 Å². The molecular weight excluding hydrogens is 400 g/mol. The zero-order valence-corrected chi connectivity index (χ0v) is 19.0. The number of likely N-dealkylation sites (N-methyl/N-ethyl adjacent to an activating group) is 1. The SMILES string of the molecule is CN1C(=O)N(CN(O)C(=O)CCCN2CCC[C@H](CC3CCCC3)C2=O)C(=O)C1(C)C. The first-order chi connectivity index (χ1) is 14.6. The third kappa shape index (κ3) is 5.02. The number of nitrogens with zero attached hydrogens (tertiary/aromatic N) is 4. The van der Waals surface area contributed by atoms with Crippen molar-refractivity contribution in [2.24, 2.45) is 11.8 Å². The predicted octanol–water partition coefficient (Wildman–Crippen LogP) is 2.43. The van der Waals surface area contributed by atoms with Crippen molar-refractivity contribution in [2.75, 3.05) is 26.8 Å². The molecule has 0 aromatic carbocycles. The Balaban J connectivity index is 1.43. The van der Waals surface area contributed by atoms with E-state index in [-0.39, 0.29) is 18.2 Å². The summed E-state index contributed by atoms with van der Waals surface area (Å²) >= 11 is 0. The lowest BCUT2D eigenvalue weighted by molar-refractivity contribution is -0.173. The van der Waals surface area contributed by atoms with E-state index < -0.39 is 30.1 Å². The van der Waals surface area contributed by atoms with Crippen molar-refractivity contribution in [1.82, 2.24) is 19.8 Å². The van der Waals surface area contributed by atoms with Crippen LogP contribution in [0.4, 0.5) is 4.79 Å². The first kappa shape index (κ1) is 23.5. The second kappa shape index (κ2) is 9.54. The van der Waals surface area contributed by atoms with Gasteiger partial charge in [-0.1, -0.05) is 25.7 Å². The lowest BCUT2D eigenvalue weighted by Gasteiger charge is -2.33. The molecule has 2 saturated heterocycles. The van der Waals surface area contributed by atoms with Gasteiger partial charge in [0.25, 0.3) is 5.91 Å². The molecule has 1 atom stereocenters. The van der Waals surface area contributed by atoms with Gasteiger partial charge in [0.2, 0.25) is 11.8 Å². The Bertz CT molecular complexity index is 719. The highest BCUT2D eigenvalue weighted by molar-refractivity contribution is 6.06. The van der Waals surface area contributed by atoms with Gasteiger partial charge in [-0.25, -0.2) is 14.8 Å². The van der Waals surface area contributed by atoms with E-state index >= 15 is 0 Å². The minimum absolute atomic E-state index is 0.0447. The van der Waals surface area contributed by atoms with Gasteiger partial charge in [0.15, 0.2) is 0 Å². The largest absolute Gasteiger partial charge is 0.342 e. The molecule has 2 heterocycles. The van der Waals surface area contributed by atoms with Crippen LogP contribution >= 0.6 is 0 Å². The molecule has 3 aliphatic rings. The lowest BCUT2D eigenvalue weighted by Crippen LogP contribution is -2.45. The molecule has 9 heteroatoms. The summed E-state index contributed by atoms with van der Waals surface area (Å²) in [6.45, 7) is 3.95. The lowest BCUT2D eigenvalue weighted by atomic mass is 9.86. The van der Waals surface area contributed by atoms with E-state index in [1.165, 1.54) is 37.6 Å². The third-order valence-electron chi connectivity index (χ3n) is 7.24. The van der Waals surface area contributed by atoms with Gasteiger partial charge in [-0.2, -0.15) is 0 Å². The van der Waals surface area contributed by atoms with Gasteiger partial charge in [0, 0.05) is 32.5 Å². The van der Waals surface area contributed by atoms with Crippen molar-refractivity contribution in [2.45, 2.75) is 77.2 Å². The van der Waals surface area contributed by atoms with E-state index in [9.17, 15) is 24.4 Å². The smallest absolute Gasteiger partial charge is 0.328 e. The molecule has 5 amide bonds. The monoisotopic (exact) mass is 436 g/mol. The van der Waals surface area contributed by atoms with Crippen molar-refractivity contribution < 1.29 is 24.4 Å². The highest BCUT2D eigenvalue weighted by Gasteiger charge is 2.49. The van der Waals surface area contributed by atoms with E-state index in [0.29, 0.717) is 23.9 Å². The van der Waals surface area contributed by atoms with Crippen molar-refractivity contribution >= 4 is 23.8 Å². The van der Waals surface area contributed by atoms with Crippen LogP contribution in [0, 0.1) is 11.8 Å². The number of imide groups is 1. The Labute approximate surface area is 184 Å². The van der Waals surface area contributed by atoms with E-state index in [0.717, 1.165) is 30.7 Å². The Hall–Kier alpha value is -2.16. The van der Waals surface area contributed by atoms with Crippen molar-refractivity contribution in [1.29, 1.82) is 0 Å². The number of carbonyl (C=O) groups excluding carboxylic acids is 4. The Kier molecular flexibility index (Phi) is 7.24. The average Bonchev–Trinajstić information content (AvgIpc) is 3.29. The Morgan fingerprint density at radius 2 is 1.81 bits per heavy atom. The second-order valence-electron chi connectivity index (χ2n) is 9.72. The zero-order chi connectivity index (χ0) is 22.8. The second-order valence-corrected chi connectivity index (χ2v) is 9.72. The molecule has 3 fully saturated rings. The van der Waals surface area contributed by atoms with Crippen LogP contribution in [-0.4, -0.2) is 81.1 Å². The van der Waals surface area contributed by atoms with Crippen LogP contribution < -0.4 is 0 Å². The standard InChI is InChI=1S/C22H36N4O5/c1-22(2)20(29)25(21(30)23(22)3)15-26(31)18(27)11-7-13-24-12-6-10-17(19(24)28)14-16-8-4-5-9-16/h16-17,31H,4-15H2,1-3H3/t17-/m1/s1. The molecule has 0 bridgehead atoms. The molecule has 2 aliphatic heterocycles. The Morgan fingerprint density at radius 1 is 1.13 bits per heavy atom. The van der Waals surface area contributed by atoms with Gasteiger partial charge in [-0.3, -0.25) is 19.6 Å². The summed E-state index contributed by atoms with van der Waals surface area (Å²) in [6.07, 6.45) is 8.44. The first-order valence-corrected chi connectivity index (χ1v) is 11.5. The summed E-state index contributed by atoms with van der Waals surface area (Å²) in [5, 5.41) is 10.5. The maximum atomic E-state index is 12.8. The minimum Gasteiger partial charge on any atom is -0.342 e. The van der Waals surface area contributed by atoms with Crippen LogP contribution in [0.15, 0.2) is 0 Å². The molecule has 0 radical (unpaired) electrons. The number of rotatable bonds is 8. The fraction of sp³-hybridized carbons (Fsp3) is 0.818. The number of urea groups is 1. The summed E-state index contributed by atoms with van der Waals surface area (Å²) in [4.78, 5) is 53.8. The van der Waals surface area contributed by atoms with Crippen molar-refractivity contribution in [3.8, 4) is 0 Å². The number of likely N-dealkylation sites (tertiary alicyclic amines) is 1. The number of piperidine rings is 1. The summed E-state index contributed by atoms with van der Waals surface area (Å²) in [5.41, 5.74) is -1.01. The zero-order valence-electron chi connectivity index (χ0n) is 19.0. The molecular formula is C22H36N4O5. The van der Waals surface area contributed by atoms with Gasteiger partial charge >= 0.3 is 6.03 Å². The van der Waals surface area contributed by atoms with Crippen molar-refractivity contribution in [3.63, 3.8) is 0 Å². The van der Waals surface area contributed by atoms with Crippen molar-refractivity contribution in [3.05, 3.63) is 0 Å². The third-order valence-corrected chi connectivity index (χ3v) is 7.24. The molecule has 174 valence electrons. The van der Waals surface area contributed by atoms with Gasteiger partial charge in [-0.15, -0.1) is 0 Å². The predicted molar refractivity (Wildman–Crippen MR) is 113 cm³/mol. The van der Waals surface area contributed by atoms with Crippen LogP contribution in [-0.2, 0) is 14.4 Å². The van der Waals surface area contributed by atoms with Crippen LogP contribution in [0.25, 0.3) is 0 Å². The quantitative estimate of drug-likeness (QED) is 0.358. The summed E-state index contributed by atoms with van der Waals surface area (Å²) in [6, 6.07) is -0.547. The molecule has 31 heavy (non-hydrogen) atoms. The van der Waals surface area contributed by atoms with Crippen LogP contribution in [0.1, 0.15) is 71.6 Å². The number of carbonyl (C=O) groups is 4. The number of hydrogen-bond acceptors (Lipinski definition) is 5. The summed E-state index contributed by atoms with van der Waals surface area (Å²) in [5.74, 6) is -0.0446. The van der Waals surface area contributed by atoms with Gasteiger partial charge in [0.05, 0.1) is 0 Å². The van der Waals surface area contributed by atoms with Crippen LogP contribution in [0.5, 0.6) is 0 Å². The molecule has 3 rings (SSSR count). The topological polar surface area (TPSA) is 101 Å². The van der Waals surface area contributed by atoms with Gasteiger partial charge < -0.3 is 9.80 Å². The maximum absolute atomic E-state index is 12.8. The maximum Gasteiger partial charge on any atom is 0.328 e. The summed E-state index contributed by atoms with van der Waals surface area (Å²) < 4.78 is 0. The van der Waals surface area contributed by atoms with Crippen LogP contribution in [0.3, 0.4) is 0 Å². The molecule has 0 aromatic rings. The number of hydrogen-bond donors (Lipinski definition) is 1. The minimum atomic E-state index is -1.01. The molecule has 1 N–H and O–H groups in total. The van der Waals surface area contributed by atoms with Crippen LogP contribution in [0.2, 0.25) is 0 Å². The molecule has 0 aromatic heterocycles. The normalized spacial score (nSPS) is 24.5. The van der Waals surface area contributed by atoms with Gasteiger partial charge in [-0.05, 0) is 45.4 Å². The highest BCUT2D eigenvalue weighted by atomic mass is 16.5. The molecule has 0 unspecified atom stereocenters. The molecule has 0 spiro atoms. The molecule has 9 nitrogen and oxygen atoms in total. The van der Waals surface area contributed by atoms with E-state index in [1.54, 1.807) is 13.8 Å². The molecule has 1 aliphatic carbocycles. The average molecular weight is 437 g/mol. The fourth-order valence-corrected chi connectivity index (χ4v) is 4.98. The summed E-state index contributed by atoms with van der Waals surface area (Å²) in [7, 11) is 1.51. The Morgan fingerprint density at radius 3 is 2.42 bits per heavy atom. The van der Waals surface area contributed by atoms with E-state index in [2.05, 4.69) is 0 Å². The van der Waals surface area contributed by atoms with E-state index in [4.69, 9.17) is 0 Å². The fourth-order valence-electron chi connectivity index (χ4n) is 4.98. The highest BCUT2D eigenvalue weighted by Crippen LogP contribution is 2.34. The number of amides is 5. The molecule has 1 saturated carbocycles. The number of hydroxylamine groups is 2. The first-order valence-electron chi connectivity index (χ1n) is 11.5. The van der Waals surface area contributed by atoms with E-state index in [1.807, 2.05) is 4.90 Å².